The third kappa shape index (κ3) is 3.59. The number of fused-ring (bicyclic) bond motifs is 1. The van der Waals surface area contributed by atoms with Crippen LogP contribution in [0.15, 0.2) is 36.0 Å². The fourth-order valence-corrected chi connectivity index (χ4v) is 5.37. The van der Waals surface area contributed by atoms with Gasteiger partial charge in [-0.2, -0.15) is 5.26 Å². The largest absolute Gasteiger partial charge is 0.452 e. The highest BCUT2D eigenvalue weighted by Crippen LogP contribution is 2.37. The van der Waals surface area contributed by atoms with Gasteiger partial charge in [0.15, 0.2) is 6.61 Å². The average Bonchev–Trinajstić information content (AvgIpc) is 3.44. The van der Waals surface area contributed by atoms with Crippen LogP contribution in [0.5, 0.6) is 0 Å². The number of rotatable bonds is 5. The van der Waals surface area contributed by atoms with Crippen molar-refractivity contribution in [3.05, 3.63) is 57.5 Å². The van der Waals surface area contributed by atoms with E-state index in [-0.39, 0.29) is 0 Å². The molecule has 0 unspecified atom stereocenters. The number of nitrogens with zero attached hydrogens (tertiary/aromatic N) is 2. The van der Waals surface area contributed by atoms with E-state index in [1.807, 2.05) is 35.2 Å². The minimum atomic E-state index is -0.482. The maximum Gasteiger partial charge on any atom is 0.341 e. The lowest BCUT2D eigenvalue weighted by molar-refractivity contribution is -0.119. The summed E-state index contributed by atoms with van der Waals surface area (Å²) in [5, 5.41) is 14.7. The second-order valence-corrected chi connectivity index (χ2v) is 8.38. The molecule has 0 bridgehead atoms. The Morgan fingerprint density at radius 1 is 1.25 bits per heavy atom. The topological polar surface area (TPSA) is 84.1 Å². The van der Waals surface area contributed by atoms with Crippen LogP contribution < -0.4 is 5.32 Å². The average molecular weight is 412 g/mol. The summed E-state index contributed by atoms with van der Waals surface area (Å²) in [4.78, 5) is 26.3. The van der Waals surface area contributed by atoms with Crippen molar-refractivity contribution < 1.29 is 14.3 Å². The molecule has 28 heavy (non-hydrogen) atoms. The lowest BCUT2D eigenvalue weighted by atomic mass is 9.95. The van der Waals surface area contributed by atoms with Gasteiger partial charge in [-0.15, -0.1) is 22.7 Å². The molecule has 1 amide bonds. The van der Waals surface area contributed by atoms with Gasteiger partial charge in [-0.1, -0.05) is 0 Å². The Morgan fingerprint density at radius 3 is 2.82 bits per heavy atom. The number of hydrogen-bond acceptors (Lipinski definition) is 6. The third-order valence-electron chi connectivity index (χ3n) is 4.57. The van der Waals surface area contributed by atoms with Gasteiger partial charge in [0.25, 0.3) is 5.91 Å². The molecule has 0 spiro atoms. The Hall–Kier alpha value is -2.89. The van der Waals surface area contributed by atoms with Crippen molar-refractivity contribution in [1.82, 2.24) is 4.57 Å². The quantitative estimate of drug-likeness (QED) is 0.640. The van der Waals surface area contributed by atoms with Crippen molar-refractivity contribution in [1.29, 1.82) is 5.26 Å². The summed E-state index contributed by atoms with van der Waals surface area (Å²) in [5.41, 5.74) is 2.01. The zero-order valence-electron chi connectivity index (χ0n) is 14.9. The fourth-order valence-electron chi connectivity index (χ4n) is 3.27. The maximum atomic E-state index is 12.9. The molecule has 0 fully saturated rings. The molecule has 3 aromatic heterocycles. The summed E-state index contributed by atoms with van der Waals surface area (Å²) in [6, 6.07) is 7.47. The predicted molar refractivity (Wildman–Crippen MR) is 108 cm³/mol. The van der Waals surface area contributed by atoms with E-state index in [0.717, 1.165) is 36.2 Å². The van der Waals surface area contributed by atoms with Crippen LogP contribution in [0.2, 0.25) is 0 Å². The Balaban J connectivity index is 1.51. The van der Waals surface area contributed by atoms with Crippen LogP contribution >= 0.6 is 22.7 Å². The number of aryl methyl sites for hydroxylation is 1. The van der Waals surface area contributed by atoms with Gasteiger partial charge in [0, 0.05) is 17.3 Å². The van der Waals surface area contributed by atoms with E-state index in [2.05, 4.69) is 5.32 Å². The molecule has 1 aliphatic rings. The highest BCUT2D eigenvalue weighted by molar-refractivity contribution is 7.15. The number of nitrogens with one attached hydrogen (secondary N) is 1. The molecule has 1 N–H and O–H groups in total. The Kier molecular flexibility index (Phi) is 5.28. The van der Waals surface area contributed by atoms with Crippen molar-refractivity contribution in [2.75, 3.05) is 11.9 Å². The van der Waals surface area contributed by atoms with Crippen molar-refractivity contribution >= 4 is 39.6 Å². The van der Waals surface area contributed by atoms with Gasteiger partial charge in [0.1, 0.15) is 16.1 Å². The van der Waals surface area contributed by atoms with Crippen LogP contribution in [0.4, 0.5) is 5.00 Å². The van der Waals surface area contributed by atoms with Crippen LogP contribution in [-0.4, -0.2) is 23.1 Å². The van der Waals surface area contributed by atoms with Crippen LogP contribution in [-0.2, 0) is 22.4 Å². The lowest BCUT2D eigenvalue weighted by Crippen LogP contribution is -2.21. The first-order valence-corrected chi connectivity index (χ1v) is 10.6. The molecule has 8 heteroatoms. The van der Waals surface area contributed by atoms with E-state index in [4.69, 9.17) is 10.00 Å². The van der Waals surface area contributed by atoms with Crippen LogP contribution in [0.1, 0.15) is 39.2 Å². The fraction of sp³-hybridized carbons (Fsp3) is 0.250. The zero-order chi connectivity index (χ0) is 19.5. The smallest absolute Gasteiger partial charge is 0.341 e. The first kappa shape index (κ1) is 18.5. The molecular weight excluding hydrogens is 394 g/mol. The Morgan fingerprint density at radius 2 is 2.04 bits per heavy atom. The van der Waals surface area contributed by atoms with Crippen LogP contribution in [0, 0.1) is 11.3 Å². The SMILES string of the molecule is N#Cc1ccsc1NC(=O)COC(=O)c1c(-n2cccc2)sc2c1CCCC2. The molecule has 6 nitrogen and oxygen atoms in total. The summed E-state index contributed by atoms with van der Waals surface area (Å²) in [7, 11) is 0. The summed E-state index contributed by atoms with van der Waals surface area (Å²) >= 11 is 2.88. The van der Waals surface area contributed by atoms with Crippen LogP contribution in [0.25, 0.3) is 5.00 Å². The standard InChI is InChI=1S/C20H17N3O3S2/c21-11-13-7-10-27-18(13)22-16(24)12-26-20(25)17-14-5-1-2-6-15(14)28-19(17)23-8-3-4-9-23/h3-4,7-10H,1-2,5-6,12H2,(H,22,24). The molecule has 4 rings (SSSR count). The Labute approximate surface area is 170 Å². The van der Waals surface area contributed by atoms with Gasteiger partial charge in [-0.25, -0.2) is 4.79 Å². The minimum Gasteiger partial charge on any atom is -0.452 e. The van der Waals surface area contributed by atoms with Crippen LogP contribution in [0.3, 0.4) is 0 Å². The van der Waals surface area contributed by atoms with Crippen molar-refractivity contribution in [2.45, 2.75) is 25.7 Å². The highest BCUT2D eigenvalue weighted by Gasteiger charge is 2.27. The molecule has 0 saturated carbocycles. The molecule has 142 valence electrons. The maximum absolute atomic E-state index is 12.9. The lowest BCUT2D eigenvalue weighted by Gasteiger charge is -2.13. The number of esters is 1. The number of ether oxygens (including phenoxy) is 1. The number of carbonyl (C=O) groups is 2. The van der Waals surface area contributed by atoms with Gasteiger partial charge < -0.3 is 14.6 Å². The van der Waals surface area contributed by atoms with E-state index in [1.54, 1.807) is 22.8 Å². The second-order valence-electron chi connectivity index (χ2n) is 6.38. The molecule has 0 atom stereocenters. The minimum absolute atomic E-state index is 0.392. The molecule has 1 aliphatic carbocycles. The summed E-state index contributed by atoms with van der Waals surface area (Å²) in [6.45, 7) is -0.392. The molecule has 0 saturated heterocycles. The van der Waals surface area contributed by atoms with Gasteiger partial charge in [-0.05, 0) is 54.8 Å². The highest BCUT2D eigenvalue weighted by atomic mass is 32.1. The monoisotopic (exact) mass is 411 g/mol. The van der Waals surface area contributed by atoms with E-state index in [9.17, 15) is 9.59 Å². The number of amides is 1. The number of anilines is 1. The summed E-state index contributed by atoms with van der Waals surface area (Å²) in [5.74, 6) is -0.941. The third-order valence-corrected chi connectivity index (χ3v) is 6.70. The normalized spacial score (nSPS) is 12.8. The molecule has 3 aromatic rings. The first-order chi connectivity index (χ1) is 13.7. The van der Waals surface area contributed by atoms with E-state index in [0.29, 0.717) is 16.1 Å². The van der Waals surface area contributed by atoms with Crippen molar-refractivity contribution in [3.63, 3.8) is 0 Å². The predicted octanol–water partition coefficient (Wildman–Crippen LogP) is 4.15. The number of thiophene rings is 2. The van der Waals surface area contributed by atoms with Crippen molar-refractivity contribution in [3.8, 4) is 11.1 Å². The van der Waals surface area contributed by atoms with E-state index < -0.39 is 18.5 Å². The first-order valence-electron chi connectivity index (χ1n) is 8.90. The number of hydrogen-bond donors (Lipinski definition) is 1. The van der Waals surface area contributed by atoms with Gasteiger partial charge in [0.2, 0.25) is 0 Å². The zero-order valence-corrected chi connectivity index (χ0v) is 16.6. The Bertz CT molecular complexity index is 1060. The number of carbonyl (C=O) groups excluding carboxylic acids is 2. The summed E-state index contributed by atoms with van der Waals surface area (Å²) in [6.07, 6.45) is 7.80. The molecular formula is C20H17N3O3S2. The van der Waals surface area contributed by atoms with E-state index in [1.165, 1.54) is 16.2 Å². The molecule has 3 heterocycles. The summed E-state index contributed by atoms with van der Waals surface area (Å²) < 4.78 is 7.26. The second kappa shape index (κ2) is 8.00. The van der Waals surface area contributed by atoms with Gasteiger partial charge in [-0.3, -0.25) is 4.79 Å². The molecule has 0 aromatic carbocycles. The molecule has 0 radical (unpaired) electrons. The van der Waals surface area contributed by atoms with E-state index >= 15 is 0 Å². The molecule has 0 aliphatic heterocycles. The number of nitriles is 1. The van der Waals surface area contributed by atoms with Gasteiger partial charge in [0.05, 0.1) is 11.1 Å². The van der Waals surface area contributed by atoms with Crippen molar-refractivity contribution in [2.24, 2.45) is 0 Å². The van der Waals surface area contributed by atoms with Gasteiger partial charge >= 0.3 is 5.97 Å². The number of aromatic nitrogens is 1.